The van der Waals surface area contributed by atoms with Crippen LogP contribution in [0.15, 0.2) is 259 Å². The van der Waals surface area contributed by atoms with Crippen LogP contribution in [-0.4, -0.2) is 4.57 Å². The van der Waals surface area contributed by atoms with Crippen LogP contribution < -0.4 is 4.90 Å². The summed E-state index contributed by atoms with van der Waals surface area (Å²) in [5.41, 5.74) is 19.7. The highest BCUT2D eigenvalue weighted by Gasteiger charge is 2.20. The molecule has 0 saturated carbocycles. The summed E-state index contributed by atoms with van der Waals surface area (Å²) in [6.07, 6.45) is 0. The van der Waals surface area contributed by atoms with Crippen LogP contribution in [-0.2, 0) is 0 Å². The molecule has 11 aromatic carbocycles. The minimum Gasteiger partial charge on any atom is -0.455 e. The summed E-state index contributed by atoms with van der Waals surface area (Å²) in [5, 5.41) is 4.60. The lowest BCUT2D eigenvalue weighted by Gasteiger charge is -2.27. The van der Waals surface area contributed by atoms with E-state index in [1.807, 2.05) is 18.2 Å². The van der Waals surface area contributed by atoms with Crippen LogP contribution in [0.25, 0.3) is 105 Å². The summed E-state index contributed by atoms with van der Waals surface area (Å²) < 4.78 is 8.86. The van der Waals surface area contributed by atoms with Crippen molar-refractivity contribution in [2.24, 2.45) is 0 Å². The topological polar surface area (TPSA) is 21.3 Å². The van der Waals surface area contributed by atoms with Crippen molar-refractivity contribution in [3.8, 4) is 61.3 Å². The van der Waals surface area contributed by atoms with Crippen molar-refractivity contribution in [3.63, 3.8) is 0 Å². The Kier molecular flexibility index (Phi) is 9.74. The molecule has 3 nitrogen and oxygen atoms in total. The first-order chi connectivity index (χ1) is 34.2. The van der Waals surface area contributed by atoms with E-state index in [2.05, 4.69) is 258 Å². The number of anilines is 3. The summed E-state index contributed by atoms with van der Waals surface area (Å²) in [4.78, 5) is 2.36. The summed E-state index contributed by atoms with van der Waals surface area (Å²) in [7, 11) is 0. The smallest absolute Gasteiger partial charge is 0.143 e. The van der Waals surface area contributed by atoms with E-state index in [1.54, 1.807) is 0 Å². The molecule has 0 radical (unpaired) electrons. The molecule has 69 heavy (non-hydrogen) atoms. The fourth-order valence-electron chi connectivity index (χ4n) is 10.2. The normalized spacial score (nSPS) is 11.4. The number of para-hydroxylation sites is 4. The van der Waals surface area contributed by atoms with Gasteiger partial charge in [0.2, 0.25) is 0 Å². The van der Waals surface area contributed by atoms with E-state index in [-0.39, 0.29) is 0 Å². The second-order valence-electron chi connectivity index (χ2n) is 17.5. The van der Waals surface area contributed by atoms with Gasteiger partial charge in [-0.1, -0.05) is 194 Å². The molecule has 0 atom stereocenters. The predicted molar refractivity (Wildman–Crippen MR) is 288 cm³/mol. The molecule has 13 rings (SSSR count). The molecule has 2 heterocycles. The second-order valence-corrected chi connectivity index (χ2v) is 17.5. The number of hydrogen-bond acceptors (Lipinski definition) is 2. The molecule has 2 aromatic heterocycles. The van der Waals surface area contributed by atoms with Crippen molar-refractivity contribution >= 4 is 60.8 Å². The zero-order valence-electron chi connectivity index (χ0n) is 37.6. The quantitative estimate of drug-likeness (QED) is 0.144. The van der Waals surface area contributed by atoms with E-state index < -0.39 is 0 Å². The maximum atomic E-state index is 6.53. The zero-order chi connectivity index (χ0) is 45.7. The average molecular weight is 879 g/mol. The first-order valence-corrected chi connectivity index (χ1v) is 23.4. The minimum absolute atomic E-state index is 0.896. The van der Waals surface area contributed by atoms with E-state index in [0.717, 1.165) is 100 Å². The van der Waals surface area contributed by atoms with E-state index in [1.165, 1.54) is 22.1 Å². The molecule has 322 valence electrons. The fraction of sp³-hybridized carbons (Fsp3) is 0. The van der Waals surface area contributed by atoms with Gasteiger partial charge < -0.3 is 13.9 Å². The van der Waals surface area contributed by atoms with Crippen LogP contribution in [0.1, 0.15) is 0 Å². The molecular formula is C66H42N2O. The highest BCUT2D eigenvalue weighted by Crippen LogP contribution is 2.43. The highest BCUT2D eigenvalue weighted by atomic mass is 16.3. The minimum atomic E-state index is 0.896. The van der Waals surface area contributed by atoms with E-state index in [0.29, 0.717) is 0 Å². The van der Waals surface area contributed by atoms with Crippen LogP contribution in [0.5, 0.6) is 0 Å². The molecule has 3 heteroatoms. The van der Waals surface area contributed by atoms with Crippen LogP contribution in [0.2, 0.25) is 0 Å². The van der Waals surface area contributed by atoms with Crippen molar-refractivity contribution in [2.75, 3.05) is 4.90 Å². The van der Waals surface area contributed by atoms with E-state index in [4.69, 9.17) is 4.42 Å². The third kappa shape index (κ3) is 7.03. The lowest BCUT2D eigenvalue weighted by Crippen LogP contribution is -2.10. The summed E-state index contributed by atoms with van der Waals surface area (Å²) in [6, 6.07) is 97.7. The molecule has 0 amide bonds. The molecule has 0 saturated heterocycles. The summed E-state index contributed by atoms with van der Waals surface area (Å²) in [6.45, 7) is 0. The van der Waals surface area contributed by atoms with Gasteiger partial charge in [0.05, 0.1) is 11.2 Å². The molecule has 0 fully saturated rings. The number of nitrogens with zero attached hydrogens (tertiary/aromatic N) is 2. The number of hydrogen-bond donors (Lipinski definition) is 0. The van der Waals surface area contributed by atoms with Gasteiger partial charge in [0.1, 0.15) is 16.7 Å². The molecule has 0 bridgehead atoms. The SMILES string of the molecule is c1ccc2c3ccccc3n(-c3ccccc3-c3cccc(N(c4ccc(-c5ccc(-c6ccccc6)cc5)cc4)c4ccc(-c5ccccc5-c5cccc6c5oc5ccccc56)cc4)c3)c2c#1. The third-order valence-electron chi connectivity index (χ3n) is 13.5. The van der Waals surface area contributed by atoms with E-state index in [9.17, 15) is 0 Å². The molecule has 13 aromatic rings. The van der Waals surface area contributed by atoms with E-state index >= 15 is 0 Å². The van der Waals surface area contributed by atoms with Gasteiger partial charge >= 0.3 is 0 Å². The fourth-order valence-corrected chi connectivity index (χ4v) is 10.2. The standard InChI is InChI=1S/C66H42N2O/c1-2-16-45(17-3-1)46-32-34-47(35-33-46)48-36-40-51(41-37-48)67(52-42-38-49(39-43-52)54-20-4-5-22-56(54)60-26-15-27-61-59-25-9-13-31-65(59)69-66(60)61)53-19-14-18-50(44-53)55-21-6-10-28-62(55)68-63-29-11-7-23-57(63)58-24-8-12-30-64(58)68/h1-11,13-29,31-44H. The van der Waals surface area contributed by atoms with Gasteiger partial charge in [-0.15, -0.1) is 0 Å². The maximum Gasteiger partial charge on any atom is 0.143 e. The first-order valence-electron chi connectivity index (χ1n) is 23.4. The van der Waals surface area contributed by atoms with Gasteiger partial charge in [0.15, 0.2) is 0 Å². The maximum absolute atomic E-state index is 6.53. The number of benzene rings is 10. The van der Waals surface area contributed by atoms with Crippen molar-refractivity contribution in [3.05, 3.63) is 267 Å². The van der Waals surface area contributed by atoms with Crippen LogP contribution in [0.4, 0.5) is 17.1 Å². The Bertz CT molecular complexity index is 3940. The van der Waals surface area contributed by atoms with Gasteiger partial charge in [-0.05, 0) is 117 Å². The van der Waals surface area contributed by atoms with Gasteiger partial charge in [0.25, 0.3) is 0 Å². The number of furan rings is 1. The largest absolute Gasteiger partial charge is 0.455 e. The highest BCUT2D eigenvalue weighted by molar-refractivity contribution is 6.11. The Labute approximate surface area is 401 Å². The van der Waals surface area contributed by atoms with Crippen molar-refractivity contribution in [2.45, 2.75) is 0 Å². The number of fused-ring (bicyclic) bond motifs is 6. The molecule has 0 aliphatic carbocycles. The molecule has 0 unspecified atom stereocenters. The molecule has 0 spiro atoms. The number of rotatable bonds is 9. The lowest BCUT2D eigenvalue weighted by molar-refractivity contribution is 0.670. The average Bonchev–Trinajstić information content (AvgIpc) is 3.98. The second kappa shape index (κ2) is 16.8. The summed E-state index contributed by atoms with van der Waals surface area (Å²) >= 11 is 0. The van der Waals surface area contributed by atoms with Gasteiger partial charge in [-0.2, -0.15) is 0 Å². The number of aromatic nitrogens is 1. The first kappa shape index (κ1) is 40.0. The molecule has 0 aliphatic rings. The lowest BCUT2D eigenvalue weighted by atomic mass is 9.93. The summed E-state index contributed by atoms with van der Waals surface area (Å²) in [5.74, 6) is 0. The predicted octanol–water partition coefficient (Wildman–Crippen LogP) is 18.1. The zero-order valence-corrected chi connectivity index (χ0v) is 37.6. The van der Waals surface area contributed by atoms with Gasteiger partial charge in [0, 0.05) is 49.7 Å². The van der Waals surface area contributed by atoms with Gasteiger partial charge in [-0.25, -0.2) is 0 Å². The Hall–Kier alpha value is -9.36. The third-order valence-corrected chi connectivity index (χ3v) is 13.5. The van der Waals surface area contributed by atoms with Crippen LogP contribution in [0, 0.1) is 12.1 Å². The van der Waals surface area contributed by atoms with Crippen molar-refractivity contribution in [1.82, 2.24) is 4.57 Å². The molecule has 0 aliphatic heterocycles. The van der Waals surface area contributed by atoms with Gasteiger partial charge in [-0.3, -0.25) is 0 Å². The molecule has 0 N–H and O–H groups in total. The Morgan fingerprint density at radius 2 is 0.899 bits per heavy atom. The Balaban J connectivity index is 0.915. The van der Waals surface area contributed by atoms with Crippen molar-refractivity contribution in [1.29, 1.82) is 0 Å². The molecular weight excluding hydrogens is 837 g/mol. The Morgan fingerprint density at radius 1 is 0.348 bits per heavy atom. The monoisotopic (exact) mass is 878 g/mol. The van der Waals surface area contributed by atoms with Crippen molar-refractivity contribution < 1.29 is 4.42 Å². The van der Waals surface area contributed by atoms with Crippen LogP contribution in [0.3, 0.4) is 0 Å². The van der Waals surface area contributed by atoms with Crippen LogP contribution >= 0.6 is 0 Å². The Morgan fingerprint density at radius 3 is 1.67 bits per heavy atom.